The summed E-state index contributed by atoms with van der Waals surface area (Å²) in [4.78, 5) is 17.1. The Hall–Kier alpha value is -3.27. The fraction of sp³-hybridized carbons (Fsp3) is 0.406. The molecule has 3 aromatic rings. The van der Waals surface area contributed by atoms with E-state index in [4.69, 9.17) is 9.47 Å². The van der Waals surface area contributed by atoms with E-state index in [1.807, 2.05) is 55.5 Å². The van der Waals surface area contributed by atoms with Gasteiger partial charge in [-0.25, -0.2) is 4.79 Å². The second-order valence-corrected chi connectivity index (χ2v) is 10.5. The summed E-state index contributed by atoms with van der Waals surface area (Å²) in [6.45, 7) is 8.33. The number of amides is 2. The van der Waals surface area contributed by atoms with E-state index in [9.17, 15) is 9.90 Å². The van der Waals surface area contributed by atoms with E-state index in [1.54, 1.807) is 0 Å². The molecular formula is C32H40N4O4. The molecule has 3 aromatic carbocycles. The van der Waals surface area contributed by atoms with Crippen LogP contribution in [-0.2, 0) is 22.6 Å². The number of carbonyl (C=O) groups is 1. The second-order valence-electron chi connectivity index (χ2n) is 10.5. The Morgan fingerprint density at radius 1 is 0.875 bits per heavy atom. The van der Waals surface area contributed by atoms with E-state index >= 15 is 0 Å². The zero-order valence-corrected chi connectivity index (χ0v) is 23.2. The lowest BCUT2D eigenvalue weighted by molar-refractivity contribution is -0.253. The minimum Gasteiger partial charge on any atom is -0.392 e. The number of aliphatic hydroxyl groups excluding tert-OH is 1. The van der Waals surface area contributed by atoms with E-state index in [-0.39, 0.29) is 24.8 Å². The number of carbonyl (C=O) groups excluding carboxylic acids is 1. The summed E-state index contributed by atoms with van der Waals surface area (Å²) >= 11 is 0. The Bertz CT molecular complexity index is 1220. The highest BCUT2D eigenvalue weighted by Gasteiger charge is 2.34. The summed E-state index contributed by atoms with van der Waals surface area (Å²) in [6, 6.07) is 26.0. The van der Waals surface area contributed by atoms with Crippen LogP contribution < -0.4 is 10.6 Å². The van der Waals surface area contributed by atoms with Crippen molar-refractivity contribution in [3.05, 3.63) is 101 Å². The van der Waals surface area contributed by atoms with Crippen LogP contribution in [0.1, 0.15) is 48.0 Å². The van der Waals surface area contributed by atoms with Gasteiger partial charge in [-0.1, -0.05) is 66.7 Å². The van der Waals surface area contributed by atoms with Gasteiger partial charge in [-0.2, -0.15) is 0 Å². The molecule has 2 aliphatic heterocycles. The molecule has 3 unspecified atom stereocenters. The monoisotopic (exact) mass is 544 g/mol. The molecule has 3 atom stereocenters. The highest BCUT2D eigenvalue weighted by molar-refractivity contribution is 5.89. The number of urea groups is 1. The Labute approximate surface area is 236 Å². The molecule has 2 amide bonds. The predicted octanol–water partition coefficient (Wildman–Crippen LogP) is 4.68. The van der Waals surface area contributed by atoms with Gasteiger partial charge in [0.1, 0.15) is 0 Å². The quantitative estimate of drug-likeness (QED) is 0.363. The first-order valence-electron chi connectivity index (χ1n) is 14.2. The molecule has 40 heavy (non-hydrogen) atoms. The molecule has 2 aliphatic rings. The molecule has 0 aliphatic carbocycles. The summed E-state index contributed by atoms with van der Waals surface area (Å²) in [7, 11) is 0. The highest BCUT2D eigenvalue weighted by Crippen LogP contribution is 2.38. The van der Waals surface area contributed by atoms with Crippen molar-refractivity contribution in [1.29, 1.82) is 0 Å². The molecule has 2 heterocycles. The first-order valence-corrected chi connectivity index (χ1v) is 14.2. The lowest BCUT2D eigenvalue weighted by Gasteiger charge is -2.41. The van der Waals surface area contributed by atoms with Crippen molar-refractivity contribution < 1.29 is 19.4 Å². The third kappa shape index (κ3) is 7.68. The van der Waals surface area contributed by atoms with Gasteiger partial charge in [-0.3, -0.25) is 9.80 Å². The number of piperazine rings is 1. The van der Waals surface area contributed by atoms with Crippen LogP contribution in [0.15, 0.2) is 78.9 Å². The van der Waals surface area contributed by atoms with Gasteiger partial charge in [0.15, 0.2) is 6.29 Å². The highest BCUT2D eigenvalue weighted by atomic mass is 16.7. The van der Waals surface area contributed by atoms with Gasteiger partial charge in [0.25, 0.3) is 0 Å². The molecule has 0 bridgehead atoms. The number of nitrogens with zero attached hydrogens (tertiary/aromatic N) is 2. The zero-order valence-electron chi connectivity index (χ0n) is 23.2. The van der Waals surface area contributed by atoms with E-state index in [0.717, 1.165) is 62.4 Å². The number of rotatable bonds is 9. The van der Waals surface area contributed by atoms with E-state index in [1.165, 1.54) is 5.56 Å². The molecule has 0 aromatic heterocycles. The molecule has 0 spiro atoms. The Morgan fingerprint density at radius 2 is 1.62 bits per heavy atom. The predicted molar refractivity (Wildman–Crippen MR) is 156 cm³/mol. The van der Waals surface area contributed by atoms with Gasteiger partial charge >= 0.3 is 6.03 Å². The van der Waals surface area contributed by atoms with Gasteiger partial charge in [-0.05, 0) is 35.7 Å². The number of nitrogens with one attached hydrogen (secondary N) is 2. The molecular weight excluding hydrogens is 504 g/mol. The summed E-state index contributed by atoms with van der Waals surface area (Å²) in [6.07, 6.45) is 0.0326. The number of hydrogen-bond donors (Lipinski definition) is 3. The van der Waals surface area contributed by atoms with Crippen molar-refractivity contribution in [3.8, 4) is 0 Å². The molecule has 5 rings (SSSR count). The summed E-state index contributed by atoms with van der Waals surface area (Å²) in [5.74, 6) is 0. The Balaban J connectivity index is 1.26. The average Bonchev–Trinajstić information content (AvgIpc) is 2.99. The molecule has 8 nitrogen and oxygen atoms in total. The minimum atomic E-state index is -0.559. The fourth-order valence-electron chi connectivity index (χ4n) is 5.39. The minimum absolute atomic E-state index is 0.0121. The molecule has 0 saturated carbocycles. The zero-order chi connectivity index (χ0) is 27.7. The maximum absolute atomic E-state index is 12.1. The maximum atomic E-state index is 12.1. The first kappa shape index (κ1) is 28.3. The van der Waals surface area contributed by atoms with Gasteiger partial charge < -0.3 is 25.2 Å². The number of aliphatic hydroxyl groups is 1. The van der Waals surface area contributed by atoms with Crippen molar-refractivity contribution in [2.24, 2.45) is 0 Å². The van der Waals surface area contributed by atoms with Crippen LogP contribution >= 0.6 is 0 Å². The second kappa shape index (κ2) is 13.9. The number of hydrogen-bond acceptors (Lipinski definition) is 6. The molecule has 2 fully saturated rings. The molecule has 3 N–H and O–H groups in total. The van der Waals surface area contributed by atoms with Gasteiger partial charge in [0.2, 0.25) is 0 Å². The topological polar surface area (TPSA) is 86.3 Å². The number of anilines is 1. The standard InChI is InChI=1S/C32H40N4O4/c1-2-33-32(38)34-28-10-6-9-27(19-28)31-39-29(20-30(40-31)26-13-11-25(23-37)12-14-26)22-36-17-15-35(16-18-36)21-24-7-4-3-5-8-24/h3-14,19,29-31,37H,2,15-18,20-23H2,1H3,(H2,33,34,38). The van der Waals surface area contributed by atoms with Crippen molar-refractivity contribution in [3.63, 3.8) is 0 Å². The van der Waals surface area contributed by atoms with Crippen molar-refractivity contribution >= 4 is 11.7 Å². The lowest BCUT2D eigenvalue weighted by atomic mass is 9.99. The van der Waals surface area contributed by atoms with Crippen LogP contribution in [0.2, 0.25) is 0 Å². The number of benzene rings is 3. The van der Waals surface area contributed by atoms with Crippen LogP contribution in [0.5, 0.6) is 0 Å². The van der Waals surface area contributed by atoms with Crippen LogP contribution in [0.25, 0.3) is 0 Å². The van der Waals surface area contributed by atoms with Crippen molar-refractivity contribution in [2.45, 2.75) is 45.0 Å². The summed E-state index contributed by atoms with van der Waals surface area (Å²) in [5, 5.41) is 15.1. The van der Waals surface area contributed by atoms with E-state index in [2.05, 4.69) is 50.8 Å². The average molecular weight is 545 g/mol. The number of ether oxygens (including phenoxy) is 2. The first-order chi connectivity index (χ1) is 19.6. The molecule has 212 valence electrons. The maximum Gasteiger partial charge on any atom is 0.319 e. The van der Waals surface area contributed by atoms with Crippen LogP contribution in [-0.4, -0.2) is 66.3 Å². The van der Waals surface area contributed by atoms with Gasteiger partial charge in [0, 0.05) is 63.5 Å². The van der Waals surface area contributed by atoms with Crippen LogP contribution in [0.4, 0.5) is 10.5 Å². The molecule has 8 heteroatoms. The third-order valence-corrected chi connectivity index (χ3v) is 7.54. The van der Waals surface area contributed by atoms with Crippen molar-refractivity contribution in [2.75, 3.05) is 44.6 Å². The summed E-state index contributed by atoms with van der Waals surface area (Å²) < 4.78 is 13.1. The Morgan fingerprint density at radius 3 is 2.35 bits per heavy atom. The largest absolute Gasteiger partial charge is 0.392 e. The van der Waals surface area contributed by atoms with Crippen LogP contribution in [0.3, 0.4) is 0 Å². The fourth-order valence-corrected chi connectivity index (χ4v) is 5.39. The smallest absolute Gasteiger partial charge is 0.319 e. The lowest BCUT2D eigenvalue weighted by Crippen LogP contribution is -2.49. The Kier molecular flexibility index (Phi) is 9.81. The SMILES string of the molecule is CCNC(=O)Nc1cccc(C2OC(CN3CCN(Cc4ccccc4)CC3)CC(c3ccc(CO)cc3)O2)c1. The molecule has 0 radical (unpaired) electrons. The molecule has 2 saturated heterocycles. The van der Waals surface area contributed by atoms with Gasteiger partial charge in [-0.15, -0.1) is 0 Å². The normalized spacial score (nSPS) is 22.1. The van der Waals surface area contributed by atoms with Gasteiger partial charge in [0.05, 0.1) is 18.8 Å². The summed E-state index contributed by atoms with van der Waals surface area (Å²) in [5.41, 5.74) is 4.85. The van der Waals surface area contributed by atoms with E-state index in [0.29, 0.717) is 12.2 Å². The van der Waals surface area contributed by atoms with Crippen LogP contribution in [0, 0.1) is 0 Å². The van der Waals surface area contributed by atoms with Crippen molar-refractivity contribution in [1.82, 2.24) is 15.1 Å². The third-order valence-electron chi connectivity index (χ3n) is 7.54. The van der Waals surface area contributed by atoms with E-state index < -0.39 is 6.29 Å².